The van der Waals surface area contributed by atoms with Crippen molar-refractivity contribution in [1.82, 2.24) is 9.80 Å². The maximum Gasteiger partial charge on any atom is 0.0348 e. The lowest BCUT2D eigenvalue weighted by Gasteiger charge is -2.37. The number of rotatable bonds is 4. The molecular weight excluding hydrogens is 500 g/mol. The first-order valence-electron chi connectivity index (χ1n) is 10.0. The van der Waals surface area contributed by atoms with Gasteiger partial charge in [0.2, 0.25) is 0 Å². The van der Waals surface area contributed by atoms with E-state index in [9.17, 15) is 0 Å². The van der Waals surface area contributed by atoms with Gasteiger partial charge in [-0.15, -0.1) is 12.4 Å². The Morgan fingerprint density at radius 3 is 1.64 bits per heavy atom. The van der Waals surface area contributed by atoms with Crippen LogP contribution in [0.5, 0.6) is 0 Å². The second-order valence-corrected chi connectivity index (χ2v) is 9.75. The molecule has 0 N–H and O–H groups in total. The van der Waals surface area contributed by atoms with E-state index in [1.165, 1.54) is 50.5 Å². The van der Waals surface area contributed by atoms with E-state index in [0.717, 1.165) is 25.9 Å². The van der Waals surface area contributed by atoms with Crippen molar-refractivity contribution in [1.29, 1.82) is 0 Å². The van der Waals surface area contributed by atoms with E-state index in [2.05, 4.69) is 92.2 Å². The van der Waals surface area contributed by atoms with Crippen molar-refractivity contribution in [2.24, 2.45) is 0 Å². The van der Waals surface area contributed by atoms with Gasteiger partial charge in [-0.2, -0.15) is 0 Å². The van der Waals surface area contributed by atoms with Gasteiger partial charge < -0.3 is 0 Å². The highest BCUT2D eigenvalue weighted by Gasteiger charge is 2.28. The normalized spacial score (nSPS) is 22.3. The fourth-order valence-electron chi connectivity index (χ4n) is 4.92. The Labute approximate surface area is 192 Å². The molecule has 2 unspecified atom stereocenters. The van der Waals surface area contributed by atoms with E-state index in [-0.39, 0.29) is 12.4 Å². The van der Waals surface area contributed by atoms with E-state index < -0.39 is 0 Å². The van der Waals surface area contributed by atoms with Gasteiger partial charge in [0.1, 0.15) is 0 Å². The van der Waals surface area contributed by atoms with Gasteiger partial charge in [0.25, 0.3) is 0 Å². The van der Waals surface area contributed by atoms with Crippen molar-refractivity contribution < 1.29 is 0 Å². The predicted octanol–water partition coefficient (Wildman–Crippen LogP) is 6.56. The number of halogens is 3. The molecule has 0 bridgehead atoms. The third kappa shape index (κ3) is 4.37. The zero-order valence-electron chi connectivity index (χ0n) is 16.6. The Morgan fingerprint density at radius 2 is 1.21 bits per heavy atom. The summed E-state index contributed by atoms with van der Waals surface area (Å²) in [6.07, 6.45) is 6.01. The molecule has 0 saturated carbocycles. The molecule has 5 heteroatoms. The Morgan fingerprint density at radius 1 is 0.786 bits per heavy atom. The maximum absolute atomic E-state index is 3.76. The molecule has 2 nitrogen and oxygen atoms in total. The summed E-state index contributed by atoms with van der Waals surface area (Å²) in [6.45, 7) is 2.30. The third-order valence-corrected chi connectivity index (χ3v) is 7.96. The summed E-state index contributed by atoms with van der Waals surface area (Å²) in [7, 11) is 4.57. The molecule has 2 heterocycles. The minimum absolute atomic E-state index is 0. The number of hydrogen-bond acceptors (Lipinski definition) is 2. The van der Waals surface area contributed by atoms with Gasteiger partial charge in [0.15, 0.2) is 0 Å². The van der Waals surface area contributed by atoms with Crippen LogP contribution in [-0.2, 0) is 12.8 Å². The molecular formula is C23H29Br2ClN2. The van der Waals surface area contributed by atoms with E-state index in [4.69, 9.17) is 0 Å². The van der Waals surface area contributed by atoms with Gasteiger partial charge in [-0.25, -0.2) is 0 Å². The Balaban J connectivity index is 0.00000225. The molecule has 2 aromatic carbocycles. The Bertz CT molecular complexity index is 759. The maximum atomic E-state index is 3.76. The quantitative estimate of drug-likeness (QED) is 0.443. The van der Waals surface area contributed by atoms with Crippen LogP contribution in [0.1, 0.15) is 53.6 Å². The molecule has 2 aliphatic heterocycles. The smallest absolute Gasteiger partial charge is 0.0348 e. The monoisotopic (exact) mass is 526 g/mol. The van der Waals surface area contributed by atoms with Gasteiger partial charge in [-0.05, 0) is 80.6 Å². The fraction of sp³-hybridized carbons (Fsp3) is 0.478. The van der Waals surface area contributed by atoms with Crippen molar-refractivity contribution in [3.8, 4) is 0 Å². The van der Waals surface area contributed by atoms with E-state index in [1.807, 2.05) is 0 Å². The van der Waals surface area contributed by atoms with E-state index in [0.29, 0.717) is 12.1 Å². The number of fused-ring (bicyclic) bond motifs is 2. The molecule has 0 aliphatic carbocycles. The van der Waals surface area contributed by atoms with Crippen LogP contribution in [0, 0.1) is 0 Å². The summed E-state index contributed by atoms with van der Waals surface area (Å²) in [5.74, 6) is 0. The van der Waals surface area contributed by atoms with Crippen molar-refractivity contribution in [3.63, 3.8) is 0 Å². The van der Waals surface area contributed by atoms with Gasteiger partial charge in [-0.1, -0.05) is 56.1 Å². The summed E-state index contributed by atoms with van der Waals surface area (Å²) >= 11 is 7.53. The minimum atomic E-state index is 0. The van der Waals surface area contributed by atoms with Crippen LogP contribution >= 0.6 is 44.3 Å². The average Bonchev–Trinajstić information content (AvgIpc) is 2.65. The van der Waals surface area contributed by atoms with Crippen LogP contribution < -0.4 is 0 Å². The summed E-state index contributed by atoms with van der Waals surface area (Å²) < 4.78 is 2.56. The molecule has 2 aromatic rings. The summed E-state index contributed by atoms with van der Waals surface area (Å²) in [5, 5.41) is 0. The SMILES string of the molecule is CN1CCc2c(Br)cccc2C1CCCC1c2cccc(Br)c2CCN1C.Cl. The number of likely N-dealkylation sites (N-methyl/N-ethyl adjacent to an activating group) is 2. The molecule has 0 amide bonds. The largest absolute Gasteiger partial charge is 0.299 e. The minimum Gasteiger partial charge on any atom is -0.299 e. The molecule has 4 rings (SSSR count). The average molecular weight is 529 g/mol. The van der Waals surface area contributed by atoms with Gasteiger partial charge >= 0.3 is 0 Å². The van der Waals surface area contributed by atoms with Crippen molar-refractivity contribution in [3.05, 3.63) is 67.6 Å². The zero-order chi connectivity index (χ0) is 19.0. The lowest BCUT2D eigenvalue weighted by atomic mass is 9.87. The highest BCUT2D eigenvalue weighted by Crippen LogP contribution is 2.39. The highest BCUT2D eigenvalue weighted by atomic mass is 79.9. The number of hydrogen-bond donors (Lipinski definition) is 0. The number of nitrogens with zero attached hydrogens (tertiary/aromatic N) is 2. The van der Waals surface area contributed by atoms with E-state index in [1.54, 1.807) is 0 Å². The standard InChI is InChI=1S/C23H28Br2N2.ClH/c1-26-14-12-16-18(6-3-8-20(16)24)22(26)10-5-11-23-19-7-4-9-21(25)17(19)13-15-27(23)2;/h3-4,6-9,22-23H,5,10-15H2,1-2H3;1H. The summed E-state index contributed by atoms with van der Waals surface area (Å²) in [5.41, 5.74) is 6.09. The van der Waals surface area contributed by atoms with Crippen LogP contribution in [0.15, 0.2) is 45.3 Å². The fourth-order valence-corrected chi connectivity index (χ4v) is 6.08. The molecule has 0 fully saturated rings. The molecule has 152 valence electrons. The number of benzene rings is 2. The Hall–Kier alpha value is -0.390. The van der Waals surface area contributed by atoms with Crippen molar-refractivity contribution >= 4 is 44.3 Å². The molecule has 28 heavy (non-hydrogen) atoms. The van der Waals surface area contributed by atoms with Crippen LogP contribution in [0.3, 0.4) is 0 Å². The van der Waals surface area contributed by atoms with Gasteiger partial charge in [0, 0.05) is 34.1 Å². The molecule has 0 spiro atoms. The lowest BCUT2D eigenvalue weighted by molar-refractivity contribution is 0.189. The second-order valence-electron chi connectivity index (χ2n) is 8.04. The molecule has 2 atom stereocenters. The molecule has 0 aromatic heterocycles. The predicted molar refractivity (Wildman–Crippen MR) is 128 cm³/mol. The highest BCUT2D eigenvalue weighted by molar-refractivity contribution is 9.10. The second kappa shape index (κ2) is 9.61. The molecule has 0 saturated heterocycles. The van der Waals surface area contributed by atoms with Gasteiger partial charge in [0.05, 0.1) is 0 Å². The Kier molecular flexibility index (Phi) is 7.66. The first-order chi connectivity index (χ1) is 13.1. The van der Waals surface area contributed by atoms with Crippen molar-refractivity contribution in [2.45, 2.75) is 44.2 Å². The van der Waals surface area contributed by atoms with Crippen molar-refractivity contribution in [2.75, 3.05) is 27.2 Å². The lowest BCUT2D eigenvalue weighted by Crippen LogP contribution is -2.34. The van der Waals surface area contributed by atoms with Crippen LogP contribution in [0.4, 0.5) is 0 Å². The molecule has 0 radical (unpaired) electrons. The van der Waals surface area contributed by atoms with Crippen LogP contribution in [0.25, 0.3) is 0 Å². The van der Waals surface area contributed by atoms with E-state index >= 15 is 0 Å². The molecule has 2 aliphatic rings. The van der Waals surface area contributed by atoms with Crippen LogP contribution in [-0.4, -0.2) is 37.0 Å². The summed E-state index contributed by atoms with van der Waals surface area (Å²) in [4.78, 5) is 5.09. The topological polar surface area (TPSA) is 6.48 Å². The van der Waals surface area contributed by atoms with Gasteiger partial charge in [-0.3, -0.25) is 9.80 Å². The van der Waals surface area contributed by atoms with Crippen LogP contribution in [0.2, 0.25) is 0 Å². The third-order valence-electron chi connectivity index (χ3n) is 6.48. The first kappa shape index (κ1) is 22.3. The first-order valence-corrected chi connectivity index (χ1v) is 11.6. The zero-order valence-corrected chi connectivity index (χ0v) is 20.6. The summed E-state index contributed by atoms with van der Waals surface area (Å²) in [6, 6.07) is 14.5.